The lowest BCUT2D eigenvalue weighted by atomic mass is 10.1. The van der Waals surface area contributed by atoms with Crippen LogP contribution < -0.4 is 0 Å². The van der Waals surface area contributed by atoms with Crippen molar-refractivity contribution >= 4 is 5.78 Å². The molecule has 0 aromatic carbocycles. The van der Waals surface area contributed by atoms with Gasteiger partial charge in [-0.05, 0) is 13.3 Å². The van der Waals surface area contributed by atoms with Gasteiger partial charge in [-0.2, -0.15) is 0 Å². The van der Waals surface area contributed by atoms with Crippen molar-refractivity contribution in [3.05, 3.63) is 0 Å². The summed E-state index contributed by atoms with van der Waals surface area (Å²) in [6.07, 6.45) is 6.35. The van der Waals surface area contributed by atoms with E-state index >= 15 is 0 Å². The number of hydrogen-bond donors (Lipinski definition) is 0. The summed E-state index contributed by atoms with van der Waals surface area (Å²) in [5.74, 6) is 0.190. The summed E-state index contributed by atoms with van der Waals surface area (Å²) in [4.78, 5) is 10.8. The Morgan fingerprint density at radius 1 is 1.33 bits per heavy atom. The van der Waals surface area contributed by atoms with Gasteiger partial charge in [-0.25, -0.2) is 0 Å². The second-order valence-corrected chi connectivity index (χ2v) is 3.56. The molecule has 0 saturated carbocycles. The lowest BCUT2D eigenvalue weighted by Gasteiger charge is -1.94. The van der Waals surface area contributed by atoms with Crippen LogP contribution in [0.4, 0.5) is 0 Å². The zero-order chi connectivity index (χ0) is 8.97. The van der Waals surface area contributed by atoms with Crippen LogP contribution in [0.15, 0.2) is 0 Å². The smallest absolute Gasteiger partial charge is 0.161 e. The summed E-state index contributed by atoms with van der Waals surface area (Å²) in [7, 11) is 0. The molecule has 0 aromatic rings. The van der Waals surface area contributed by atoms with Crippen molar-refractivity contribution in [3.63, 3.8) is 0 Å². The standard InChI is InChI=1S/C10H18O2/c1-3-4-5-6-7-9-10(12-9)8(2)11/h9-10H,3-7H2,1-2H3/t9-,10-/m1/s1. The van der Waals surface area contributed by atoms with Gasteiger partial charge in [0.25, 0.3) is 0 Å². The minimum absolute atomic E-state index is 0.0494. The predicted molar refractivity (Wildman–Crippen MR) is 48.1 cm³/mol. The van der Waals surface area contributed by atoms with Crippen LogP contribution >= 0.6 is 0 Å². The average molecular weight is 170 g/mol. The van der Waals surface area contributed by atoms with E-state index < -0.39 is 0 Å². The first kappa shape index (κ1) is 9.72. The molecule has 1 fully saturated rings. The largest absolute Gasteiger partial charge is 0.361 e. The zero-order valence-corrected chi connectivity index (χ0v) is 8.01. The van der Waals surface area contributed by atoms with Gasteiger partial charge in [0.1, 0.15) is 6.10 Å². The van der Waals surface area contributed by atoms with Crippen LogP contribution in [-0.4, -0.2) is 18.0 Å². The van der Waals surface area contributed by atoms with Crippen molar-refractivity contribution in [1.82, 2.24) is 0 Å². The maximum Gasteiger partial charge on any atom is 0.161 e. The van der Waals surface area contributed by atoms with Crippen LogP contribution in [0.3, 0.4) is 0 Å². The van der Waals surface area contributed by atoms with Crippen molar-refractivity contribution in [1.29, 1.82) is 0 Å². The second-order valence-electron chi connectivity index (χ2n) is 3.56. The van der Waals surface area contributed by atoms with Gasteiger partial charge >= 0.3 is 0 Å². The molecule has 12 heavy (non-hydrogen) atoms. The number of unbranched alkanes of at least 4 members (excludes halogenated alkanes) is 3. The van der Waals surface area contributed by atoms with E-state index in [2.05, 4.69) is 6.92 Å². The van der Waals surface area contributed by atoms with E-state index in [-0.39, 0.29) is 18.0 Å². The summed E-state index contributed by atoms with van der Waals surface area (Å²) >= 11 is 0. The highest BCUT2D eigenvalue weighted by molar-refractivity contribution is 5.83. The summed E-state index contributed by atoms with van der Waals surface area (Å²) in [6.45, 7) is 3.81. The van der Waals surface area contributed by atoms with Crippen molar-refractivity contribution in [2.45, 2.75) is 58.2 Å². The highest BCUT2D eigenvalue weighted by Gasteiger charge is 2.41. The van der Waals surface area contributed by atoms with E-state index in [1.807, 2.05) is 0 Å². The normalized spacial score (nSPS) is 27.2. The second kappa shape index (κ2) is 4.61. The Morgan fingerprint density at radius 3 is 2.58 bits per heavy atom. The fourth-order valence-corrected chi connectivity index (χ4v) is 1.49. The molecular formula is C10H18O2. The van der Waals surface area contributed by atoms with E-state index in [1.54, 1.807) is 6.92 Å². The van der Waals surface area contributed by atoms with E-state index in [1.165, 1.54) is 25.7 Å². The average Bonchev–Trinajstić information content (AvgIpc) is 2.77. The third-order valence-corrected chi connectivity index (χ3v) is 2.33. The number of carbonyl (C=O) groups is 1. The first-order chi connectivity index (χ1) is 5.75. The molecule has 1 aliphatic rings. The molecule has 0 N–H and O–H groups in total. The van der Waals surface area contributed by atoms with Gasteiger partial charge in [-0.3, -0.25) is 4.79 Å². The van der Waals surface area contributed by atoms with Crippen LogP contribution in [0, 0.1) is 0 Å². The molecule has 0 aliphatic carbocycles. The summed E-state index contributed by atoms with van der Waals surface area (Å²) in [6, 6.07) is 0. The van der Waals surface area contributed by atoms with Gasteiger partial charge in [0.05, 0.1) is 6.10 Å². The van der Waals surface area contributed by atoms with E-state index in [0.717, 1.165) is 6.42 Å². The number of ketones is 1. The number of epoxide rings is 1. The van der Waals surface area contributed by atoms with Gasteiger partial charge in [-0.15, -0.1) is 0 Å². The Hall–Kier alpha value is -0.370. The molecule has 1 heterocycles. The summed E-state index contributed by atoms with van der Waals surface area (Å²) < 4.78 is 5.21. The van der Waals surface area contributed by atoms with E-state index in [0.29, 0.717) is 0 Å². The van der Waals surface area contributed by atoms with Gasteiger partial charge in [0, 0.05) is 0 Å². The van der Waals surface area contributed by atoms with Gasteiger partial charge in [-0.1, -0.05) is 32.6 Å². The molecule has 70 valence electrons. The van der Waals surface area contributed by atoms with Crippen molar-refractivity contribution in [2.24, 2.45) is 0 Å². The fourth-order valence-electron chi connectivity index (χ4n) is 1.49. The predicted octanol–water partition coefficient (Wildman–Crippen LogP) is 2.31. The maximum absolute atomic E-state index is 10.8. The third kappa shape index (κ3) is 2.94. The molecule has 1 rings (SSSR count). The zero-order valence-electron chi connectivity index (χ0n) is 8.01. The first-order valence-corrected chi connectivity index (χ1v) is 4.91. The lowest BCUT2D eigenvalue weighted by Crippen LogP contribution is -2.04. The number of ether oxygens (including phenoxy) is 1. The molecular weight excluding hydrogens is 152 g/mol. The van der Waals surface area contributed by atoms with Crippen molar-refractivity contribution < 1.29 is 9.53 Å². The van der Waals surface area contributed by atoms with E-state index in [4.69, 9.17) is 4.74 Å². The maximum atomic E-state index is 10.8. The molecule has 0 unspecified atom stereocenters. The van der Waals surface area contributed by atoms with Crippen molar-refractivity contribution in [3.8, 4) is 0 Å². The highest BCUT2D eigenvalue weighted by Crippen LogP contribution is 2.27. The highest BCUT2D eigenvalue weighted by atomic mass is 16.6. The molecule has 0 amide bonds. The van der Waals surface area contributed by atoms with E-state index in [9.17, 15) is 4.79 Å². The van der Waals surface area contributed by atoms with Gasteiger partial charge in [0.15, 0.2) is 5.78 Å². The molecule has 1 aliphatic heterocycles. The molecule has 2 atom stereocenters. The van der Waals surface area contributed by atoms with Crippen molar-refractivity contribution in [2.75, 3.05) is 0 Å². The molecule has 1 saturated heterocycles. The first-order valence-electron chi connectivity index (χ1n) is 4.91. The van der Waals surface area contributed by atoms with Crippen LogP contribution in [0.1, 0.15) is 46.0 Å². The Balaban J connectivity index is 1.93. The molecule has 0 aromatic heterocycles. The van der Waals surface area contributed by atoms with Crippen LogP contribution in [0.5, 0.6) is 0 Å². The Bertz CT molecular complexity index is 154. The molecule has 0 radical (unpaired) electrons. The van der Waals surface area contributed by atoms with Crippen LogP contribution in [0.25, 0.3) is 0 Å². The third-order valence-electron chi connectivity index (χ3n) is 2.33. The summed E-state index contributed by atoms with van der Waals surface area (Å²) in [5.41, 5.74) is 0. The molecule has 2 heteroatoms. The quantitative estimate of drug-likeness (QED) is 0.452. The van der Waals surface area contributed by atoms with Crippen LogP contribution in [0.2, 0.25) is 0 Å². The Kier molecular flexibility index (Phi) is 3.73. The van der Waals surface area contributed by atoms with Gasteiger partial charge < -0.3 is 4.74 Å². The molecule has 0 spiro atoms. The number of hydrogen-bond acceptors (Lipinski definition) is 2. The minimum atomic E-state index is -0.0494. The SMILES string of the molecule is CCCCCC[C@H]1O[C@@H]1C(C)=O. The van der Waals surface area contributed by atoms with Crippen LogP contribution in [-0.2, 0) is 9.53 Å². The number of carbonyl (C=O) groups excluding carboxylic acids is 1. The molecule has 2 nitrogen and oxygen atoms in total. The molecule has 0 bridgehead atoms. The monoisotopic (exact) mass is 170 g/mol. The minimum Gasteiger partial charge on any atom is -0.361 e. The Morgan fingerprint density at radius 2 is 2.08 bits per heavy atom. The number of Topliss-reactive ketones (excluding diaryl/α,β-unsaturated/α-hetero) is 1. The fraction of sp³-hybridized carbons (Fsp3) is 0.900. The van der Waals surface area contributed by atoms with Gasteiger partial charge in [0.2, 0.25) is 0 Å². The topological polar surface area (TPSA) is 29.6 Å². The number of rotatable bonds is 6. The summed E-state index contributed by atoms with van der Waals surface area (Å²) in [5, 5.41) is 0. The lowest BCUT2D eigenvalue weighted by molar-refractivity contribution is -0.118. The Labute approximate surface area is 74.3 Å².